The lowest BCUT2D eigenvalue weighted by Gasteiger charge is -2.43. The first-order valence-corrected chi connectivity index (χ1v) is 11.7. The van der Waals surface area contributed by atoms with Crippen molar-refractivity contribution in [3.8, 4) is 12.3 Å². The molecule has 7 heteroatoms. The molecule has 1 aromatic carbocycles. The first-order valence-electron chi connectivity index (χ1n) is 11.7. The van der Waals surface area contributed by atoms with Crippen molar-refractivity contribution in [2.24, 2.45) is 5.92 Å². The van der Waals surface area contributed by atoms with E-state index in [0.717, 1.165) is 50.7 Å². The topological polar surface area (TPSA) is 73.0 Å². The van der Waals surface area contributed by atoms with Gasteiger partial charge in [0.25, 0.3) is 5.91 Å². The molecular weight excluding hydrogens is 404 g/mol. The molecule has 0 radical (unpaired) electrons. The molecule has 3 fully saturated rings. The zero-order valence-electron chi connectivity index (χ0n) is 18.4. The molecule has 4 aliphatic heterocycles. The number of nitrogens with zero attached hydrogens (tertiary/aromatic N) is 3. The lowest BCUT2D eigenvalue weighted by Crippen LogP contribution is -2.52. The van der Waals surface area contributed by atoms with Crippen LogP contribution in [0.1, 0.15) is 53.1 Å². The van der Waals surface area contributed by atoms with Crippen molar-refractivity contribution >= 4 is 17.7 Å². The number of hydrogen-bond donors (Lipinski definition) is 1. The molecule has 4 heterocycles. The molecule has 1 N–H and O–H groups in total. The van der Waals surface area contributed by atoms with E-state index in [1.807, 2.05) is 6.07 Å². The third-order valence-corrected chi connectivity index (χ3v) is 7.51. The van der Waals surface area contributed by atoms with Crippen LogP contribution in [0.4, 0.5) is 0 Å². The van der Waals surface area contributed by atoms with E-state index in [9.17, 15) is 14.4 Å². The van der Waals surface area contributed by atoms with E-state index >= 15 is 0 Å². The smallest absolute Gasteiger partial charge is 0.255 e. The van der Waals surface area contributed by atoms with E-state index < -0.39 is 6.04 Å². The van der Waals surface area contributed by atoms with E-state index in [1.54, 1.807) is 4.90 Å². The minimum Gasteiger partial charge on any atom is -0.322 e. The number of benzene rings is 1. The van der Waals surface area contributed by atoms with Crippen LogP contribution in [-0.4, -0.2) is 77.7 Å². The molecule has 0 spiro atoms. The van der Waals surface area contributed by atoms with E-state index in [1.165, 1.54) is 18.4 Å². The molecule has 1 atom stereocenters. The molecule has 4 aliphatic rings. The molecule has 1 aromatic rings. The van der Waals surface area contributed by atoms with Crippen LogP contribution in [0, 0.1) is 18.3 Å². The maximum absolute atomic E-state index is 12.9. The highest BCUT2D eigenvalue weighted by Crippen LogP contribution is 2.34. The van der Waals surface area contributed by atoms with Gasteiger partial charge in [-0.25, -0.2) is 0 Å². The number of likely N-dealkylation sites (tertiary alicyclic amines) is 2. The molecule has 0 aliphatic carbocycles. The van der Waals surface area contributed by atoms with Crippen molar-refractivity contribution < 1.29 is 14.4 Å². The molecule has 1 unspecified atom stereocenters. The molecule has 0 saturated carbocycles. The van der Waals surface area contributed by atoms with Crippen LogP contribution < -0.4 is 5.32 Å². The summed E-state index contributed by atoms with van der Waals surface area (Å²) >= 11 is 0. The highest BCUT2D eigenvalue weighted by atomic mass is 16.2. The van der Waals surface area contributed by atoms with Crippen molar-refractivity contribution in [1.29, 1.82) is 0 Å². The van der Waals surface area contributed by atoms with Gasteiger partial charge in [-0.05, 0) is 55.5 Å². The van der Waals surface area contributed by atoms with Gasteiger partial charge in [0.1, 0.15) is 6.04 Å². The number of terminal acetylenes is 1. The fraction of sp³-hybridized carbons (Fsp3) is 0.560. The maximum atomic E-state index is 12.9. The van der Waals surface area contributed by atoms with Crippen molar-refractivity contribution in [2.75, 3.05) is 39.3 Å². The van der Waals surface area contributed by atoms with Gasteiger partial charge in [0.15, 0.2) is 0 Å². The van der Waals surface area contributed by atoms with Crippen molar-refractivity contribution in [3.05, 3.63) is 34.9 Å². The fourth-order valence-electron chi connectivity index (χ4n) is 5.60. The predicted molar refractivity (Wildman–Crippen MR) is 120 cm³/mol. The minimum atomic E-state index is -0.553. The third kappa shape index (κ3) is 4.05. The zero-order chi connectivity index (χ0) is 22.2. The van der Waals surface area contributed by atoms with Crippen LogP contribution in [-0.2, 0) is 16.1 Å². The normalized spacial score (nSPS) is 25.4. The highest BCUT2D eigenvalue weighted by Gasteiger charge is 2.39. The quantitative estimate of drug-likeness (QED) is 0.557. The van der Waals surface area contributed by atoms with Crippen LogP contribution in [0.3, 0.4) is 0 Å². The Morgan fingerprint density at radius 3 is 2.56 bits per heavy atom. The molecule has 0 bridgehead atoms. The number of rotatable bonds is 5. The van der Waals surface area contributed by atoms with E-state index in [-0.39, 0.29) is 24.1 Å². The Labute approximate surface area is 189 Å². The Balaban J connectivity index is 1.15. The second kappa shape index (κ2) is 8.68. The van der Waals surface area contributed by atoms with Crippen LogP contribution in [0.15, 0.2) is 18.2 Å². The van der Waals surface area contributed by atoms with Gasteiger partial charge in [-0.1, -0.05) is 18.1 Å². The minimum absolute atomic E-state index is 0.104. The number of fused-ring (bicyclic) bond motifs is 1. The summed E-state index contributed by atoms with van der Waals surface area (Å²) in [5.41, 5.74) is 2.96. The number of carbonyl (C=O) groups excluding carboxylic acids is 3. The summed E-state index contributed by atoms with van der Waals surface area (Å²) in [5.74, 6) is 3.28. The molecule has 7 nitrogen and oxygen atoms in total. The number of nitrogens with one attached hydrogen (secondary N) is 1. The summed E-state index contributed by atoms with van der Waals surface area (Å²) < 4.78 is 0. The van der Waals surface area contributed by atoms with Crippen molar-refractivity contribution in [3.63, 3.8) is 0 Å². The van der Waals surface area contributed by atoms with Crippen LogP contribution in [0.25, 0.3) is 0 Å². The molecule has 168 valence electrons. The molecule has 3 saturated heterocycles. The Bertz CT molecular complexity index is 970. The molecule has 32 heavy (non-hydrogen) atoms. The van der Waals surface area contributed by atoms with Gasteiger partial charge < -0.3 is 9.80 Å². The molecule has 3 amide bonds. The van der Waals surface area contributed by atoms with Gasteiger partial charge in [0.2, 0.25) is 11.8 Å². The molecule has 0 aromatic heterocycles. The van der Waals surface area contributed by atoms with E-state index in [2.05, 4.69) is 33.2 Å². The van der Waals surface area contributed by atoms with Crippen LogP contribution in [0.5, 0.6) is 0 Å². The van der Waals surface area contributed by atoms with E-state index in [4.69, 9.17) is 6.42 Å². The Hall–Kier alpha value is -2.69. The number of hydrogen-bond acceptors (Lipinski definition) is 5. The van der Waals surface area contributed by atoms with Crippen molar-refractivity contribution in [1.82, 2.24) is 20.0 Å². The monoisotopic (exact) mass is 434 g/mol. The lowest BCUT2D eigenvalue weighted by molar-refractivity contribution is -0.136. The van der Waals surface area contributed by atoms with Gasteiger partial charge in [0, 0.05) is 44.1 Å². The van der Waals surface area contributed by atoms with Crippen LogP contribution in [0.2, 0.25) is 0 Å². The number of amides is 3. The highest BCUT2D eigenvalue weighted by molar-refractivity contribution is 6.05. The lowest BCUT2D eigenvalue weighted by atomic mass is 9.87. The SMILES string of the molecule is C#CCN1CCC(CN2CC(c3ccc4c(c3)CN(C3CCC(=O)NC3=O)C4=O)C2)CC1. The number of imide groups is 1. The summed E-state index contributed by atoms with van der Waals surface area (Å²) in [6.07, 6.45) is 8.55. The summed E-state index contributed by atoms with van der Waals surface area (Å²) in [6.45, 7) is 6.71. The largest absolute Gasteiger partial charge is 0.322 e. The third-order valence-electron chi connectivity index (χ3n) is 7.51. The Morgan fingerprint density at radius 2 is 1.84 bits per heavy atom. The van der Waals surface area contributed by atoms with Gasteiger partial charge in [0.05, 0.1) is 6.54 Å². The Kier molecular flexibility index (Phi) is 5.75. The summed E-state index contributed by atoms with van der Waals surface area (Å²) in [7, 11) is 0. The maximum Gasteiger partial charge on any atom is 0.255 e. The molecular formula is C25H30N4O3. The second-order valence-corrected chi connectivity index (χ2v) is 9.66. The average Bonchev–Trinajstić information content (AvgIpc) is 3.07. The van der Waals surface area contributed by atoms with E-state index in [0.29, 0.717) is 24.4 Å². The summed E-state index contributed by atoms with van der Waals surface area (Å²) in [4.78, 5) is 43.1. The Morgan fingerprint density at radius 1 is 1.06 bits per heavy atom. The number of carbonyl (C=O) groups is 3. The van der Waals surface area contributed by atoms with Gasteiger partial charge in [-0.2, -0.15) is 0 Å². The second-order valence-electron chi connectivity index (χ2n) is 9.66. The molecule has 5 rings (SSSR count). The van der Waals surface area contributed by atoms with Crippen LogP contribution >= 0.6 is 0 Å². The first kappa shape index (κ1) is 21.2. The summed E-state index contributed by atoms with van der Waals surface area (Å²) in [6, 6.07) is 5.59. The van der Waals surface area contributed by atoms with Crippen molar-refractivity contribution in [2.45, 2.75) is 44.2 Å². The zero-order valence-corrected chi connectivity index (χ0v) is 18.4. The standard InChI is InChI=1S/C25H30N4O3/c1-2-9-27-10-7-17(8-11-27)13-28-14-20(15-28)18-3-4-21-19(12-18)16-29(25(21)32)22-5-6-23(30)26-24(22)31/h1,3-4,12,17,20,22H,5-11,13-16H2,(H,26,30,31). The number of piperidine rings is 2. The fourth-order valence-corrected chi connectivity index (χ4v) is 5.60. The first-order chi connectivity index (χ1) is 15.5. The van der Waals surface area contributed by atoms with Gasteiger partial charge in [-0.15, -0.1) is 6.42 Å². The summed E-state index contributed by atoms with van der Waals surface area (Å²) in [5, 5.41) is 2.36. The van der Waals surface area contributed by atoms with Gasteiger partial charge in [-0.3, -0.25) is 24.6 Å². The average molecular weight is 435 g/mol. The van der Waals surface area contributed by atoms with Gasteiger partial charge >= 0.3 is 0 Å². The predicted octanol–water partition coefficient (Wildman–Crippen LogP) is 1.19.